The van der Waals surface area contributed by atoms with Gasteiger partial charge in [-0.1, -0.05) is 0 Å². The molecule has 0 aromatic rings. The van der Waals surface area contributed by atoms with Gasteiger partial charge in [-0.2, -0.15) is 0 Å². The Balaban J connectivity index is 2.71. The maximum atomic E-state index is 10.9. The van der Waals surface area contributed by atoms with Gasteiger partial charge in [-0.25, -0.2) is 0 Å². The van der Waals surface area contributed by atoms with Crippen molar-refractivity contribution in [2.24, 2.45) is 0 Å². The maximum absolute atomic E-state index is 10.9. The third-order valence-corrected chi connectivity index (χ3v) is 2.25. The highest BCUT2D eigenvalue weighted by Gasteiger charge is 2.40. The highest BCUT2D eigenvalue weighted by atomic mass is 16.7. The lowest BCUT2D eigenvalue weighted by Crippen LogP contribution is -2.50. The van der Waals surface area contributed by atoms with Gasteiger partial charge in [0.15, 0.2) is 12.4 Å². The molecule has 1 saturated heterocycles. The van der Waals surface area contributed by atoms with Crippen LogP contribution in [0.2, 0.25) is 0 Å². The molecule has 0 unspecified atom stereocenters. The molecule has 1 N–H and O–H groups in total. The van der Waals surface area contributed by atoms with Crippen LogP contribution in [0, 0.1) is 0 Å². The number of rotatable bonds is 2. The van der Waals surface area contributed by atoms with Crippen molar-refractivity contribution >= 4 is 11.9 Å². The van der Waals surface area contributed by atoms with E-state index < -0.39 is 36.5 Å². The lowest BCUT2D eigenvalue weighted by molar-refractivity contribution is -0.241. The SMILES string of the molecule is CC(=O)O[C@@H]1[C@H](C)O[C@H](O)C[C@@H]1OC(C)=O. The smallest absolute Gasteiger partial charge is 0.303 e. The summed E-state index contributed by atoms with van der Waals surface area (Å²) >= 11 is 0. The van der Waals surface area contributed by atoms with E-state index in [0.29, 0.717) is 0 Å². The molecule has 0 aliphatic carbocycles. The Morgan fingerprint density at radius 1 is 1.25 bits per heavy atom. The van der Waals surface area contributed by atoms with Crippen LogP contribution in [0.3, 0.4) is 0 Å². The van der Waals surface area contributed by atoms with E-state index in [1.807, 2.05) is 0 Å². The van der Waals surface area contributed by atoms with Crippen LogP contribution in [0.15, 0.2) is 0 Å². The van der Waals surface area contributed by atoms with Gasteiger partial charge in [0.1, 0.15) is 6.10 Å². The molecule has 1 aliphatic heterocycles. The van der Waals surface area contributed by atoms with Crippen LogP contribution in [-0.2, 0) is 23.8 Å². The van der Waals surface area contributed by atoms with Crippen LogP contribution >= 0.6 is 0 Å². The Hall–Kier alpha value is -1.14. The van der Waals surface area contributed by atoms with Crippen molar-refractivity contribution in [1.29, 1.82) is 0 Å². The van der Waals surface area contributed by atoms with Crippen LogP contribution < -0.4 is 0 Å². The normalized spacial score (nSPS) is 34.2. The van der Waals surface area contributed by atoms with E-state index in [2.05, 4.69) is 0 Å². The standard InChI is InChI=1S/C10H16O6/c1-5-10(16-7(3)12)8(15-6(2)11)4-9(13)14-5/h5,8-10,13H,4H2,1-3H3/t5-,8-,9-,10+/m0/s1. The molecule has 16 heavy (non-hydrogen) atoms. The largest absolute Gasteiger partial charge is 0.458 e. The van der Waals surface area contributed by atoms with E-state index in [1.165, 1.54) is 13.8 Å². The van der Waals surface area contributed by atoms with Crippen molar-refractivity contribution in [3.8, 4) is 0 Å². The minimum atomic E-state index is -1.01. The minimum absolute atomic E-state index is 0.0991. The van der Waals surface area contributed by atoms with Crippen molar-refractivity contribution < 1.29 is 28.9 Å². The van der Waals surface area contributed by atoms with Crippen molar-refractivity contribution in [2.75, 3.05) is 0 Å². The lowest BCUT2D eigenvalue weighted by atomic mass is 10.0. The molecule has 6 heteroatoms. The summed E-state index contributed by atoms with van der Waals surface area (Å²) in [5.41, 5.74) is 0. The van der Waals surface area contributed by atoms with Crippen molar-refractivity contribution in [3.05, 3.63) is 0 Å². The van der Waals surface area contributed by atoms with Gasteiger partial charge < -0.3 is 19.3 Å². The Morgan fingerprint density at radius 2 is 1.81 bits per heavy atom. The van der Waals surface area contributed by atoms with Gasteiger partial charge in [-0.3, -0.25) is 9.59 Å². The number of aliphatic hydroxyl groups excluding tert-OH is 1. The number of carbonyl (C=O) groups excluding carboxylic acids is 2. The molecule has 0 bridgehead atoms. The molecule has 1 fully saturated rings. The fraction of sp³-hybridized carbons (Fsp3) is 0.800. The van der Waals surface area contributed by atoms with E-state index in [-0.39, 0.29) is 6.42 Å². The van der Waals surface area contributed by atoms with Gasteiger partial charge in [-0.05, 0) is 6.92 Å². The zero-order valence-corrected chi connectivity index (χ0v) is 9.50. The molecule has 0 radical (unpaired) electrons. The van der Waals surface area contributed by atoms with Crippen LogP contribution in [0.5, 0.6) is 0 Å². The lowest BCUT2D eigenvalue weighted by Gasteiger charge is -2.37. The molecule has 0 spiro atoms. The fourth-order valence-electron chi connectivity index (χ4n) is 1.71. The Bertz CT molecular complexity index is 276. The number of aliphatic hydroxyl groups is 1. The van der Waals surface area contributed by atoms with Crippen LogP contribution in [-0.4, -0.2) is 41.6 Å². The topological polar surface area (TPSA) is 82.1 Å². The first-order valence-corrected chi connectivity index (χ1v) is 5.08. The predicted molar refractivity (Wildman–Crippen MR) is 52.3 cm³/mol. The average molecular weight is 232 g/mol. The quantitative estimate of drug-likeness (QED) is 0.674. The zero-order valence-electron chi connectivity index (χ0n) is 9.50. The second-order valence-corrected chi connectivity index (χ2v) is 3.75. The molecule has 6 nitrogen and oxygen atoms in total. The van der Waals surface area contributed by atoms with Crippen molar-refractivity contribution in [2.45, 2.75) is 51.8 Å². The molecule has 92 valence electrons. The van der Waals surface area contributed by atoms with E-state index >= 15 is 0 Å². The van der Waals surface area contributed by atoms with Crippen molar-refractivity contribution in [3.63, 3.8) is 0 Å². The number of carbonyl (C=O) groups is 2. The van der Waals surface area contributed by atoms with Crippen LogP contribution in [0.4, 0.5) is 0 Å². The maximum Gasteiger partial charge on any atom is 0.303 e. The van der Waals surface area contributed by atoms with E-state index in [4.69, 9.17) is 14.2 Å². The average Bonchev–Trinajstić information content (AvgIpc) is 2.09. The van der Waals surface area contributed by atoms with E-state index in [9.17, 15) is 14.7 Å². The molecule has 1 aliphatic rings. The van der Waals surface area contributed by atoms with Crippen LogP contribution in [0.25, 0.3) is 0 Å². The molecule has 0 saturated carbocycles. The molecule has 0 amide bonds. The number of esters is 2. The second-order valence-electron chi connectivity index (χ2n) is 3.75. The first kappa shape index (κ1) is 12.9. The monoisotopic (exact) mass is 232 g/mol. The fourth-order valence-corrected chi connectivity index (χ4v) is 1.71. The second kappa shape index (κ2) is 5.27. The molecule has 1 rings (SSSR count). The summed E-state index contributed by atoms with van der Waals surface area (Å²) in [5.74, 6) is -0.961. The summed E-state index contributed by atoms with van der Waals surface area (Å²) < 4.78 is 15.1. The Kier molecular flexibility index (Phi) is 4.26. The van der Waals surface area contributed by atoms with Gasteiger partial charge in [0, 0.05) is 20.3 Å². The predicted octanol–water partition coefficient (Wildman–Crippen LogP) is -0.0230. The van der Waals surface area contributed by atoms with Gasteiger partial charge in [0.05, 0.1) is 6.10 Å². The summed E-state index contributed by atoms with van der Waals surface area (Å²) in [7, 11) is 0. The Labute approximate surface area is 93.5 Å². The van der Waals surface area contributed by atoms with Crippen molar-refractivity contribution in [1.82, 2.24) is 0 Å². The number of ether oxygens (including phenoxy) is 3. The first-order valence-electron chi connectivity index (χ1n) is 5.08. The molecule has 1 heterocycles. The van der Waals surface area contributed by atoms with Gasteiger partial charge in [0.25, 0.3) is 0 Å². The minimum Gasteiger partial charge on any atom is -0.458 e. The summed E-state index contributed by atoms with van der Waals surface area (Å²) in [4.78, 5) is 21.8. The van der Waals surface area contributed by atoms with Gasteiger partial charge in [-0.15, -0.1) is 0 Å². The highest BCUT2D eigenvalue weighted by Crippen LogP contribution is 2.24. The highest BCUT2D eigenvalue weighted by molar-refractivity contribution is 5.67. The molecular weight excluding hydrogens is 216 g/mol. The van der Waals surface area contributed by atoms with E-state index in [1.54, 1.807) is 6.92 Å². The third kappa shape index (κ3) is 3.46. The summed E-state index contributed by atoms with van der Waals surface area (Å²) in [6.07, 6.45) is -2.77. The van der Waals surface area contributed by atoms with Gasteiger partial charge >= 0.3 is 11.9 Å². The van der Waals surface area contributed by atoms with Crippen LogP contribution in [0.1, 0.15) is 27.2 Å². The number of hydrogen-bond acceptors (Lipinski definition) is 6. The third-order valence-electron chi connectivity index (χ3n) is 2.25. The number of hydrogen-bond donors (Lipinski definition) is 1. The summed E-state index contributed by atoms with van der Waals surface area (Å²) in [6.45, 7) is 4.17. The van der Waals surface area contributed by atoms with Gasteiger partial charge in [0.2, 0.25) is 0 Å². The first-order chi connectivity index (χ1) is 7.40. The molecule has 4 atom stereocenters. The molecule has 0 aromatic heterocycles. The van der Waals surface area contributed by atoms with E-state index in [0.717, 1.165) is 0 Å². The summed E-state index contributed by atoms with van der Waals surface area (Å²) in [6, 6.07) is 0. The molecule has 0 aromatic carbocycles. The molecular formula is C10H16O6. The summed E-state index contributed by atoms with van der Waals surface area (Å²) in [5, 5.41) is 9.36. The Morgan fingerprint density at radius 3 is 2.31 bits per heavy atom. The zero-order chi connectivity index (χ0) is 12.3.